The van der Waals surface area contributed by atoms with Crippen molar-refractivity contribution >= 4 is 10.0 Å². The van der Waals surface area contributed by atoms with E-state index in [1.165, 1.54) is 0 Å². The van der Waals surface area contributed by atoms with Crippen LogP contribution >= 0.6 is 0 Å². The maximum atomic E-state index is 11.2. The number of aliphatic hydroxyl groups is 1. The molecule has 0 aromatic carbocycles. The maximum absolute atomic E-state index is 11.2. The summed E-state index contributed by atoms with van der Waals surface area (Å²) in [6.07, 6.45) is 1.94. The summed E-state index contributed by atoms with van der Waals surface area (Å²) in [4.78, 5) is 0. The molecule has 0 saturated heterocycles. The Kier molecular flexibility index (Phi) is 6.28. The third kappa shape index (κ3) is 6.98. The summed E-state index contributed by atoms with van der Waals surface area (Å²) in [5.74, 6) is 0.177. The van der Waals surface area contributed by atoms with Crippen molar-refractivity contribution in [3.05, 3.63) is 0 Å². The molecule has 0 fully saturated rings. The highest BCUT2D eigenvalue weighted by Gasteiger charge is 2.12. The second-order valence-corrected chi connectivity index (χ2v) is 5.08. The van der Waals surface area contributed by atoms with Crippen LogP contribution < -0.4 is 4.72 Å². The van der Waals surface area contributed by atoms with Crippen molar-refractivity contribution in [3.8, 4) is 0 Å². The Balaban J connectivity index is 3.82. The summed E-state index contributed by atoms with van der Waals surface area (Å²) in [7, 11) is -3.09. The first kappa shape index (κ1) is 12.9. The highest BCUT2D eigenvalue weighted by molar-refractivity contribution is 7.89. The van der Waals surface area contributed by atoms with Crippen LogP contribution in [-0.2, 0) is 10.0 Å². The maximum Gasteiger partial charge on any atom is 0.211 e. The van der Waals surface area contributed by atoms with Gasteiger partial charge in [-0.25, -0.2) is 13.1 Å². The Morgan fingerprint density at radius 2 is 2.08 bits per heavy atom. The monoisotopic (exact) mass is 209 g/mol. The van der Waals surface area contributed by atoms with Gasteiger partial charge in [0.15, 0.2) is 0 Å². The minimum atomic E-state index is -3.09. The van der Waals surface area contributed by atoms with Gasteiger partial charge in [-0.15, -0.1) is 0 Å². The quantitative estimate of drug-likeness (QED) is 0.641. The lowest BCUT2D eigenvalue weighted by Gasteiger charge is -2.12. The van der Waals surface area contributed by atoms with Gasteiger partial charge in [0.1, 0.15) is 0 Å². The molecule has 0 bridgehead atoms. The van der Waals surface area contributed by atoms with Gasteiger partial charge in [-0.05, 0) is 26.2 Å². The van der Waals surface area contributed by atoms with E-state index in [0.29, 0.717) is 19.3 Å². The summed E-state index contributed by atoms with van der Waals surface area (Å²) < 4.78 is 25.0. The number of sulfonamides is 1. The summed E-state index contributed by atoms with van der Waals surface area (Å²) in [5.41, 5.74) is 0. The van der Waals surface area contributed by atoms with Gasteiger partial charge in [-0.2, -0.15) is 0 Å². The molecule has 1 unspecified atom stereocenters. The van der Waals surface area contributed by atoms with Crippen LogP contribution in [0.4, 0.5) is 0 Å². The van der Waals surface area contributed by atoms with E-state index in [9.17, 15) is 8.42 Å². The molecule has 5 heteroatoms. The number of rotatable bonds is 7. The van der Waals surface area contributed by atoms with E-state index < -0.39 is 10.0 Å². The lowest BCUT2D eigenvalue weighted by atomic mass is 10.2. The Morgan fingerprint density at radius 1 is 1.46 bits per heavy atom. The third-order valence-electron chi connectivity index (χ3n) is 1.65. The van der Waals surface area contributed by atoms with Crippen molar-refractivity contribution in [2.75, 3.05) is 12.4 Å². The highest BCUT2D eigenvalue weighted by Crippen LogP contribution is 1.98. The van der Waals surface area contributed by atoms with Crippen LogP contribution in [-0.4, -0.2) is 31.9 Å². The molecule has 0 radical (unpaired) electrons. The van der Waals surface area contributed by atoms with Gasteiger partial charge < -0.3 is 5.11 Å². The molecule has 0 spiro atoms. The van der Waals surface area contributed by atoms with E-state index in [2.05, 4.69) is 4.72 Å². The van der Waals surface area contributed by atoms with Crippen molar-refractivity contribution in [1.29, 1.82) is 0 Å². The number of aliphatic hydroxyl groups excluding tert-OH is 1. The van der Waals surface area contributed by atoms with Crippen LogP contribution in [0, 0.1) is 0 Å². The van der Waals surface area contributed by atoms with Gasteiger partial charge in [-0.3, -0.25) is 0 Å². The average molecular weight is 209 g/mol. The van der Waals surface area contributed by atoms with E-state index in [1.54, 1.807) is 0 Å². The minimum absolute atomic E-state index is 0.0799. The smallest absolute Gasteiger partial charge is 0.211 e. The Morgan fingerprint density at radius 3 is 2.54 bits per heavy atom. The van der Waals surface area contributed by atoms with Gasteiger partial charge >= 0.3 is 0 Å². The standard InChI is InChI=1S/C8H19NO3S/c1-3-7-13(11,12)9-8(2)5-4-6-10/h8-10H,3-7H2,1-2H3. The second-order valence-electron chi connectivity index (χ2n) is 3.20. The fourth-order valence-corrected chi connectivity index (χ4v) is 2.48. The van der Waals surface area contributed by atoms with Gasteiger partial charge in [0, 0.05) is 12.6 Å². The SMILES string of the molecule is CCCS(=O)(=O)NC(C)CCCO. The molecule has 80 valence electrons. The molecular weight excluding hydrogens is 190 g/mol. The molecule has 0 heterocycles. The fourth-order valence-electron chi connectivity index (χ4n) is 1.09. The molecule has 0 aromatic rings. The van der Waals surface area contributed by atoms with E-state index in [0.717, 1.165) is 0 Å². The van der Waals surface area contributed by atoms with Gasteiger partial charge in [0.2, 0.25) is 10.0 Å². The molecule has 0 amide bonds. The Hall–Kier alpha value is -0.130. The predicted octanol–water partition coefficient (Wildman–Crippen LogP) is 0.477. The lowest BCUT2D eigenvalue weighted by molar-refractivity contribution is 0.279. The van der Waals surface area contributed by atoms with Crippen molar-refractivity contribution in [2.45, 2.75) is 39.2 Å². The molecule has 0 aliphatic rings. The number of hydrogen-bond donors (Lipinski definition) is 2. The Bertz CT molecular complexity index is 213. The van der Waals surface area contributed by atoms with Gasteiger partial charge in [-0.1, -0.05) is 6.92 Å². The van der Waals surface area contributed by atoms with Crippen LogP contribution in [0.5, 0.6) is 0 Å². The fraction of sp³-hybridized carbons (Fsp3) is 1.00. The van der Waals surface area contributed by atoms with Gasteiger partial charge in [0.05, 0.1) is 5.75 Å². The lowest BCUT2D eigenvalue weighted by Crippen LogP contribution is -2.34. The van der Waals surface area contributed by atoms with Crippen LogP contribution in [0.3, 0.4) is 0 Å². The third-order valence-corrected chi connectivity index (χ3v) is 3.36. The van der Waals surface area contributed by atoms with E-state index in [-0.39, 0.29) is 18.4 Å². The highest BCUT2D eigenvalue weighted by atomic mass is 32.2. The molecule has 4 nitrogen and oxygen atoms in total. The molecular formula is C8H19NO3S. The van der Waals surface area contributed by atoms with Crippen LogP contribution in [0.25, 0.3) is 0 Å². The zero-order chi connectivity index (χ0) is 10.3. The van der Waals surface area contributed by atoms with Crippen molar-refractivity contribution in [2.24, 2.45) is 0 Å². The largest absolute Gasteiger partial charge is 0.396 e. The average Bonchev–Trinajstić information content (AvgIpc) is 1.99. The van der Waals surface area contributed by atoms with Crippen LogP contribution in [0.15, 0.2) is 0 Å². The van der Waals surface area contributed by atoms with E-state index >= 15 is 0 Å². The Labute approximate surface area is 80.4 Å². The number of nitrogens with one attached hydrogen (secondary N) is 1. The number of hydrogen-bond acceptors (Lipinski definition) is 3. The molecule has 0 aromatic heterocycles. The summed E-state index contributed by atoms with van der Waals surface area (Å²) in [5, 5.41) is 8.54. The first-order chi connectivity index (χ1) is 6.02. The molecule has 1 atom stereocenters. The second kappa shape index (κ2) is 6.34. The molecule has 0 rings (SSSR count). The first-order valence-electron chi connectivity index (χ1n) is 4.62. The molecule has 13 heavy (non-hydrogen) atoms. The van der Waals surface area contributed by atoms with Crippen molar-refractivity contribution < 1.29 is 13.5 Å². The van der Waals surface area contributed by atoms with Crippen molar-refractivity contribution in [1.82, 2.24) is 4.72 Å². The molecule has 2 N–H and O–H groups in total. The zero-order valence-corrected chi connectivity index (χ0v) is 9.10. The minimum Gasteiger partial charge on any atom is -0.396 e. The zero-order valence-electron chi connectivity index (χ0n) is 8.28. The van der Waals surface area contributed by atoms with Gasteiger partial charge in [0.25, 0.3) is 0 Å². The summed E-state index contributed by atoms with van der Waals surface area (Å²) in [6.45, 7) is 3.75. The topological polar surface area (TPSA) is 66.4 Å². The molecule has 0 aliphatic heterocycles. The summed E-state index contributed by atoms with van der Waals surface area (Å²) >= 11 is 0. The molecule has 0 aliphatic carbocycles. The molecule has 0 saturated carbocycles. The van der Waals surface area contributed by atoms with Crippen LogP contribution in [0.1, 0.15) is 33.1 Å². The van der Waals surface area contributed by atoms with E-state index in [4.69, 9.17) is 5.11 Å². The predicted molar refractivity (Wildman–Crippen MR) is 53.0 cm³/mol. The van der Waals surface area contributed by atoms with E-state index in [1.807, 2.05) is 13.8 Å². The summed E-state index contributed by atoms with van der Waals surface area (Å²) in [6, 6.07) is -0.0799. The van der Waals surface area contributed by atoms with Crippen LogP contribution in [0.2, 0.25) is 0 Å². The first-order valence-corrected chi connectivity index (χ1v) is 6.28. The van der Waals surface area contributed by atoms with Crippen molar-refractivity contribution in [3.63, 3.8) is 0 Å². The normalized spacial score (nSPS) is 14.4.